The fourth-order valence-electron chi connectivity index (χ4n) is 1.31. The lowest BCUT2D eigenvalue weighted by Crippen LogP contribution is -2.22. The van der Waals surface area contributed by atoms with Crippen LogP contribution in [0, 0.1) is 0 Å². The second-order valence-corrected chi connectivity index (χ2v) is 11.0. The van der Waals surface area contributed by atoms with Gasteiger partial charge in [-0.05, 0) is 18.2 Å². The van der Waals surface area contributed by atoms with E-state index in [1.165, 1.54) is 0 Å². The molecule has 0 spiro atoms. The lowest BCUT2D eigenvalue weighted by molar-refractivity contribution is 0.0224. The van der Waals surface area contributed by atoms with Gasteiger partial charge in [-0.2, -0.15) is 0 Å². The summed E-state index contributed by atoms with van der Waals surface area (Å²) in [7, 11) is 0.573. The Morgan fingerprint density at radius 1 is 1.22 bits per heavy atom. The molecule has 0 aliphatic rings. The first-order chi connectivity index (χ1) is 8.42. The van der Waals surface area contributed by atoms with Crippen LogP contribution in [0.2, 0.25) is 25.7 Å². The van der Waals surface area contributed by atoms with Crippen molar-refractivity contribution < 1.29 is 14.2 Å². The van der Waals surface area contributed by atoms with Gasteiger partial charge in [0.15, 0.2) is 6.79 Å². The van der Waals surface area contributed by atoms with Crippen molar-refractivity contribution in [2.75, 3.05) is 26.2 Å². The van der Waals surface area contributed by atoms with E-state index in [9.17, 15) is 0 Å². The number of rotatable bonds is 7. The van der Waals surface area contributed by atoms with Gasteiger partial charge < -0.3 is 19.9 Å². The topological polar surface area (TPSA) is 53.7 Å². The third-order valence-electron chi connectivity index (χ3n) is 2.51. The first-order valence-corrected chi connectivity index (χ1v) is 9.77. The van der Waals surface area contributed by atoms with Crippen LogP contribution in [0.4, 0.5) is 5.69 Å². The first kappa shape index (κ1) is 14.9. The minimum atomic E-state index is -1.04. The quantitative estimate of drug-likeness (QED) is 0.358. The summed E-state index contributed by atoms with van der Waals surface area (Å²) in [5, 5.41) is 0. The normalized spacial score (nSPS) is 11.3. The van der Waals surface area contributed by atoms with Gasteiger partial charge in [-0.3, -0.25) is 0 Å². The summed E-state index contributed by atoms with van der Waals surface area (Å²) in [4.78, 5) is 0. The highest BCUT2D eigenvalue weighted by atomic mass is 28.3. The molecule has 102 valence electrons. The van der Waals surface area contributed by atoms with Gasteiger partial charge in [-0.15, -0.1) is 0 Å². The largest absolute Gasteiger partial charge is 0.497 e. The van der Waals surface area contributed by atoms with Crippen LogP contribution in [0.15, 0.2) is 18.2 Å². The molecule has 0 saturated carbocycles. The van der Waals surface area contributed by atoms with Crippen molar-refractivity contribution in [1.82, 2.24) is 0 Å². The van der Waals surface area contributed by atoms with Gasteiger partial charge in [0.2, 0.25) is 0 Å². The van der Waals surface area contributed by atoms with Crippen LogP contribution in [0.3, 0.4) is 0 Å². The zero-order valence-electron chi connectivity index (χ0n) is 11.7. The van der Waals surface area contributed by atoms with E-state index in [4.69, 9.17) is 19.9 Å². The molecule has 0 aromatic heterocycles. The maximum absolute atomic E-state index is 5.80. The molecule has 0 bridgehead atoms. The van der Waals surface area contributed by atoms with Gasteiger partial charge in [0.05, 0.1) is 12.8 Å². The van der Waals surface area contributed by atoms with E-state index in [1.807, 2.05) is 0 Å². The molecule has 4 nitrogen and oxygen atoms in total. The second kappa shape index (κ2) is 6.66. The Kier molecular flexibility index (Phi) is 5.49. The molecule has 0 amide bonds. The third-order valence-corrected chi connectivity index (χ3v) is 4.22. The lowest BCUT2D eigenvalue weighted by Gasteiger charge is -2.16. The van der Waals surface area contributed by atoms with Crippen molar-refractivity contribution in [3.05, 3.63) is 18.2 Å². The van der Waals surface area contributed by atoms with Crippen LogP contribution >= 0.6 is 0 Å². The summed E-state index contributed by atoms with van der Waals surface area (Å²) in [6.07, 6.45) is 0. The van der Waals surface area contributed by atoms with Crippen LogP contribution < -0.4 is 15.2 Å². The predicted octanol–water partition coefficient (Wildman–Crippen LogP) is 2.97. The zero-order valence-corrected chi connectivity index (χ0v) is 12.7. The Morgan fingerprint density at radius 2 is 1.94 bits per heavy atom. The number of benzene rings is 1. The van der Waals surface area contributed by atoms with Gasteiger partial charge in [-0.25, -0.2) is 0 Å². The second-order valence-electron chi connectivity index (χ2n) is 5.38. The fraction of sp³-hybridized carbons (Fsp3) is 0.538. The van der Waals surface area contributed by atoms with Gasteiger partial charge >= 0.3 is 0 Å². The molecule has 1 rings (SSSR count). The van der Waals surface area contributed by atoms with E-state index in [-0.39, 0.29) is 6.79 Å². The van der Waals surface area contributed by atoms with Crippen molar-refractivity contribution in [3.63, 3.8) is 0 Å². The minimum Gasteiger partial charge on any atom is -0.497 e. The molecule has 0 saturated heterocycles. The Morgan fingerprint density at radius 3 is 2.56 bits per heavy atom. The number of hydrogen-bond acceptors (Lipinski definition) is 4. The van der Waals surface area contributed by atoms with Crippen LogP contribution in [0.25, 0.3) is 0 Å². The molecule has 0 aliphatic heterocycles. The molecule has 0 radical (unpaired) electrons. The maximum Gasteiger partial charge on any atom is 0.189 e. The Labute approximate surface area is 110 Å². The summed E-state index contributed by atoms with van der Waals surface area (Å²) < 4.78 is 16.1. The molecular formula is C13H23NO3Si. The summed E-state index contributed by atoms with van der Waals surface area (Å²) >= 11 is 0. The minimum absolute atomic E-state index is 0.224. The molecule has 0 unspecified atom stereocenters. The van der Waals surface area contributed by atoms with E-state index < -0.39 is 8.07 Å². The lowest BCUT2D eigenvalue weighted by atomic mass is 10.3. The number of nitrogens with two attached hydrogens (primary N) is 1. The van der Waals surface area contributed by atoms with Crippen molar-refractivity contribution in [2.24, 2.45) is 0 Å². The van der Waals surface area contributed by atoms with Crippen LogP contribution in [-0.4, -0.2) is 28.6 Å². The number of nitrogen functional groups attached to an aromatic ring is 1. The number of hydrogen-bond donors (Lipinski definition) is 1. The van der Waals surface area contributed by atoms with Crippen LogP contribution in [0.1, 0.15) is 0 Å². The maximum atomic E-state index is 5.80. The highest BCUT2D eigenvalue weighted by molar-refractivity contribution is 6.76. The van der Waals surface area contributed by atoms with Crippen molar-refractivity contribution >= 4 is 13.8 Å². The van der Waals surface area contributed by atoms with Crippen molar-refractivity contribution in [1.29, 1.82) is 0 Å². The van der Waals surface area contributed by atoms with Gasteiger partial charge in [-0.1, -0.05) is 19.6 Å². The van der Waals surface area contributed by atoms with Crippen LogP contribution in [-0.2, 0) is 4.74 Å². The molecule has 0 fully saturated rings. The molecule has 1 aromatic rings. The van der Waals surface area contributed by atoms with E-state index >= 15 is 0 Å². The number of methoxy groups -OCH3 is 1. The average molecular weight is 269 g/mol. The van der Waals surface area contributed by atoms with Gasteiger partial charge in [0.1, 0.15) is 11.5 Å². The summed E-state index contributed by atoms with van der Waals surface area (Å²) in [5.74, 6) is 1.32. The smallest absolute Gasteiger partial charge is 0.189 e. The molecular weight excluding hydrogens is 246 g/mol. The molecule has 0 atom stereocenters. The predicted molar refractivity (Wildman–Crippen MR) is 77.0 cm³/mol. The van der Waals surface area contributed by atoms with E-state index in [1.54, 1.807) is 25.3 Å². The number of ether oxygens (including phenoxy) is 3. The van der Waals surface area contributed by atoms with Gasteiger partial charge in [0.25, 0.3) is 0 Å². The van der Waals surface area contributed by atoms with E-state index in [0.717, 1.165) is 18.4 Å². The van der Waals surface area contributed by atoms with Crippen molar-refractivity contribution in [3.8, 4) is 11.5 Å². The molecule has 0 heterocycles. The molecule has 18 heavy (non-hydrogen) atoms. The number of anilines is 1. The summed E-state index contributed by atoms with van der Waals surface area (Å²) in [6, 6.07) is 6.45. The fourth-order valence-corrected chi connectivity index (χ4v) is 2.07. The van der Waals surface area contributed by atoms with E-state index in [0.29, 0.717) is 11.4 Å². The van der Waals surface area contributed by atoms with Crippen molar-refractivity contribution in [2.45, 2.75) is 25.7 Å². The Balaban J connectivity index is 2.35. The highest BCUT2D eigenvalue weighted by Gasteiger charge is 2.12. The van der Waals surface area contributed by atoms with Crippen LogP contribution in [0.5, 0.6) is 11.5 Å². The average Bonchev–Trinajstić information content (AvgIpc) is 2.29. The molecule has 5 heteroatoms. The first-order valence-electron chi connectivity index (χ1n) is 6.06. The summed E-state index contributed by atoms with van der Waals surface area (Å²) in [6.45, 7) is 7.91. The Hall–Kier alpha value is -1.20. The highest BCUT2D eigenvalue weighted by Crippen LogP contribution is 2.26. The molecule has 2 N–H and O–H groups in total. The monoisotopic (exact) mass is 269 g/mol. The Bertz CT molecular complexity index is 377. The zero-order chi connectivity index (χ0) is 13.6. The molecule has 0 aliphatic carbocycles. The summed E-state index contributed by atoms with van der Waals surface area (Å²) in [5.41, 5.74) is 6.39. The van der Waals surface area contributed by atoms with E-state index in [2.05, 4.69) is 19.6 Å². The third kappa shape index (κ3) is 5.42. The van der Waals surface area contributed by atoms with Gasteiger partial charge in [0, 0.05) is 20.7 Å². The molecule has 1 aromatic carbocycles. The SMILES string of the molecule is COc1ccc(N)c(OCOCC[Si](C)(C)C)c1. The standard InChI is InChI=1S/C13H23NO3Si/c1-15-11-5-6-12(14)13(9-11)17-10-16-7-8-18(2,3)4/h5-6,9H,7-8,10,14H2,1-4H3.